The van der Waals surface area contributed by atoms with Crippen LogP contribution in [0.5, 0.6) is 11.5 Å². The largest absolute Gasteiger partial charge is 0.497 e. The molecule has 1 rings (SSSR count). The maximum Gasteiger partial charge on any atom is 0.122 e. The Labute approximate surface area is 129 Å². The average molecular weight is 294 g/mol. The van der Waals surface area contributed by atoms with Gasteiger partial charge < -0.3 is 14.8 Å². The molecule has 0 aliphatic carbocycles. The summed E-state index contributed by atoms with van der Waals surface area (Å²) < 4.78 is 10.6. The molecular formula is C17H30N2O2. The lowest BCUT2D eigenvalue weighted by Gasteiger charge is -2.30. The lowest BCUT2D eigenvalue weighted by molar-refractivity contribution is 0.176. The smallest absolute Gasteiger partial charge is 0.122 e. The van der Waals surface area contributed by atoms with E-state index in [1.165, 1.54) is 5.56 Å². The van der Waals surface area contributed by atoms with Crippen LogP contribution in [0.15, 0.2) is 18.2 Å². The summed E-state index contributed by atoms with van der Waals surface area (Å²) in [5.74, 6) is 1.66. The van der Waals surface area contributed by atoms with Crippen molar-refractivity contribution in [1.29, 1.82) is 0 Å². The molecule has 21 heavy (non-hydrogen) atoms. The van der Waals surface area contributed by atoms with Crippen LogP contribution >= 0.6 is 0 Å². The van der Waals surface area contributed by atoms with E-state index in [0.29, 0.717) is 12.1 Å². The number of hydrogen-bond donors (Lipinski definition) is 1. The van der Waals surface area contributed by atoms with E-state index in [2.05, 4.69) is 37.9 Å². The number of benzene rings is 1. The van der Waals surface area contributed by atoms with E-state index >= 15 is 0 Å². The highest BCUT2D eigenvalue weighted by atomic mass is 16.5. The van der Waals surface area contributed by atoms with Crippen molar-refractivity contribution in [3.63, 3.8) is 0 Å². The molecule has 0 aliphatic heterocycles. The minimum Gasteiger partial charge on any atom is -0.497 e. The van der Waals surface area contributed by atoms with E-state index in [-0.39, 0.29) is 0 Å². The van der Waals surface area contributed by atoms with Gasteiger partial charge >= 0.3 is 0 Å². The zero-order valence-electron chi connectivity index (χ0n) is 14.3. The Hall–Kier alpha value is -1.26. The summed E-state index contributed by atoms with van der Waals surface area (Å²) in [5.41, 5.74) is 1.17. The van der Waals surface area contributed by atoms with Gasteiger partial charge in [-0.25, -0.2) is 0 Å². The molecule has 0 amide bonds. The molecule has 1 N–H and O–H groups in total. The van der Waals surface area contributed by atoms with Crippen molar-refractivity contribution in [2.24, 2.45) is 0 Å². The highest BCUT2D eigenvalue weighted by Gasteiger charge is 2.12. The lowest BCUT2D eigenvalue weighted by Crippen LogP contribution is -2.41. The summed E-state index contributed by atoms with van der Waals surface area (Å²) in [4.78, 5) is 2.49. The number of ether oxygens (including phenoxy) is 2. The Kier molecular flexibility index (Phi) is 7.54. The van der Waals surface area contributed by atoms with Crippen molar-refractivity contribution in [1.82, 2.24) is 10.2 Å². The van der Waals surface area contributed by atoms with E-state index in [0.717, 1.165) is 31.1 Å². The summed E-state index contributed by atoms with van der Waals surface area (Å²) in [6, 6.07) is 7.12. The van der Waals surface area contributed by atoms with Gasteiger partial charge in [-0.1, -0.05) is 0 Å². The van der Waals surface area contributed by atoms with Crippen molar-refractivity contribution in [3.8, 4) is 11.5 Å². The fraction of sp³-hybridized carbons (Fsp3) is 0.647. The van der Waals surface area contributed by atoms with E-state index < -0.39 is 0 Å². The molecule has 1 aromatic carbocycles. The second kappa shape index (κ2) is 8.90. The van der Waals surface area contributed by atoms with Crippen molar-refractivity contribution >= 4 is 0 Å². The van der Waals surface area contributed by atoms with Crippen LogP contribution in [-0.4, -0.2) is 44.3 Å². The number of nitrogens with zero attached hydrogens (tertiary/aromatic N) is 1. The van der Waals surface area contributed by atoms with Gasteiger partial charge in [0.15, 0.2) is 0 Å². The van der Waals surface area contributed by atoms with E-state index in [1.54, 1.807) is 14.2 Å². The van der Waals surface area contributed by atoms with Gasteiger partial charge in [-0.15, -0.1) is 0 Å². The SMILES string of the molecule is COc1cc(CNCCN(C(C)C)C(C)C)cc(OC)c1. The number of methoxy groups -OCH3 is 2. The Morgan fingerprint density at radius 2 is 1.48 bits per heavy atom. The van der Waals surface area contributed by atoms with Gasteiger partial charge in [0.25, 0.3) is 0 Å². The first-order valence-corrected chi connectivity index (χ1v) is 7.66. The Morgan fingerprint density at radius 3 is 1.90 bits per heavy atom. The number of nitrogens with one attached hydrogen (secondary N) is 1. The van der Waals surface area contributed by atoms with Crippen LogP contribution < -0.4 is 14.8 Å². The summed E-state index contributed by atoms with van der Waals surface area (Å²) in [5, 5.41) is 3.49. The van der Waals surface area contributed by atoms with Crippen LogP contribution in [-0.2, 0) is 6.54 Å². The third kappa shape index (κ3) is 5.94. The van der Waals surface area contributed by atoms with E-state index in [1.807, 2.05) is 18.2 Å². The molecule has 1 aromatic rings. The van der Waals surface area contributed by atoms with Crippen molar-refractivity contribution < 1.29 is 9.47 Å². The summed E-state index contributed by atoms with van der Waals surface area (Å²) in [7, 11) is 3.35. The summed E-state index contributed by atoms with van der Waals surface area (Å²) >= 11 is 0. The molecule has 0 heterocycles. The molecule has 0 aromatic heterocycles. The maximum atomic E-state index is 5.29. The van der Waals surface area contributed by atoms with Crippen LogP contribution in [0.1, 0.15) is 33.3 Å². The van der Waals surface area contributed by atoms with E-state index in [4.69, 9.17) is 9.47 Å². The molecule has 4 nitrogen and oxygen atoms in total. The van der Waals surface area contributed by atoms with Crippen LogP contribution in [0.4, 0.5) is 0 Å². The normalized spacial score (nSPS) is 11.5. The third-order valence-electron chi connectivity index (χ3n) is 3.61. The predicted molar refractivity (Wildman–Crippen MR) is 88.2 cm³/mol. The zero-order chi connectivity index (χ0) is 15.8. The van der Waals surface area contributed by atoms with Gasteiger partial charge in [0.1, 0.15) is 11.5 Å². The molecule has 0 aliphatic rings. The van der Waals surface area contributed by atoms with Gasteiger partial charge in [-0.05, 0) is 45.4 Å². The molecule has 0 saturated heterocycles. The topological polar surface area (TPSA) is 33.7 Å². The van der Waals surface area contributed by atoms with Crippen LogP contribution in [0.3, 0.4) is 0 Å². The second-order valence-electron chi connectivity index (χ2n) is 5.82. The molecule has 0 radical (unpaired) electrons. The molecule has 0 atom stereocenters. The van der Waals surface area contributed by atoms with Crippen LogP contribution in [0.25, 0.3) is 0 Å². The van der Waals surface area contributed by atoms with Crippen molar-refractivity contribution in [2.45, 2.75) is 46.3 Å². The van der Waals surface area contributed by atoms with Gasteiger partial charge in [0.05, 0.1) is 14.2 Å². The molecule has 0 unspecified atom stereocenters. The molecule has 120 valence electrons. The Morgan fingerprint density at radius 1 is 0.952 bits per heavy atom. The standard InChI is InChI=1S/C17H30N2O2/c1-13(2)19(14(3)4)8-7-18-12-15-9-16(20-5)11-17(10-15)21-6/h9-11,13-14,18H,7-8,12H2,1-6H3. The highest BCUT2D eigenvalue weighted by Crippen LogP contribution is 2.22. The monoisotopic (exact) mass is 294 g/mol. The average Bonchev–Trinajstić information content (AvgIpc) is 2.45. The first-order valence-electron chi connectivity index (χ1n) is 7.66. The fourth-order valence-corrected chi connectivity index (χ4v) is 2.52. The predicted octanol–water partition coefficient (Wildman–Crippen LogP) is 2.91. The Bertz CT molecular complexity index is 389. The van der Waals surface area contributed by atoms with Gasteiger partial charge in [-0.3, -0.25) is 4.90 Å². The first kappa shape index (κ1) is 17.8. The molecule has 0 fully saturated rings. The molecular weight excluding hydrogens is 264 g/mol. The second-order valence-corrected chi connectivity index (χ2v) is 5.82. The molecule has 0 spiro atoms. The number of rotatable bonds is 9. The van der Waals surface area contributed by atoms with Crippen molar-refractivity contribution in [3.05, 3.63) is 23.8 Å². The zero-order valence-corrected chi connectivity index (χ0v) is 14.3. The van der Waals surface area contributed by atoms with E-state index in [9.17, 15) is 0 Å². The molecule has 0 bridgehead atoms. The quantitative estimate of drug-likeness (QED) is 0.710. The maximum absolute atomic E-state index is 5.29. The van der Waals surface area contributed by atoms with Gasteiger partial charge in [0, 0.05) is 37.8 Å². The van der Waals surface area contributed by atoms with Crippen molar-refractivity contribution in [2.75, 3.05) is 27.3 Å². The Balaban J connectivity index is 2.48. The minimum absolute atomic E-state index is 0.573. The summed E-state index contributed by atoms with van der Waals surface area (Å²) in [6.07, 6.45) is 0. The molecule has 4 heteroatoms. The van der Waals surface area contributed by atoms with Gasteiger partial charge in [0.2, 0.25) is 0 Å². The lowest BCUT2D eigenvalue weighted by atomic mass is 10.2. The molecule has 0 saturated carbocycles. The summed E-state index contributed by atoms with van der Waals surface area (Å²) in [6.45, 7) is 11.8. The first-order chi connectivity index (χ1) is 9.97. The number of hydrogen-bond acceptors (Lipinski definition) is 4. The van der Waals surface area contributed by atoms with Crippen LogP contribution in [0, 0.1) is 0 Å². The fourth-order valence-electron chi connectivity index (χ4n) is 2.52. The van der Waals surface area contributed by atoms with Crippen LogP contribution in [0.2, 0.25) is 0 Å². The van der Waals surface area contributed by atoms with Gasteiger partial charge in [-0.2, -0.15) is 0 Å². The third-order valence-corrected chi connectivity index (χ3v) is 3.61. The minimum atomic E-state index is 0.573. The highest BCUT2D eigenvalue weighted by molar-refractivity contribution is 5.38.